The summed E-state index contributed by atoms with van der Waals surface area (Å²) < 4.78 is 0. The predicted octanol–water partition coefficient (Wildman–Crippen LogP) is 3.26. The summed E-state index contributed by atoms with van der Waals surface area (Å²) in [5, 5.41) is 3.34. The molecule has 0 saturated heterocycles. The molecule has 0 aliphatic rings. The molecule has 3 aromatic rings. The zero-order valence-electron chi connectivity index (χ0n) is 12.5. The third-order valence-corrected chi connectivity index (χ3v) is 3.20. The summed E-state index contributed by atoms with van der Waals surface area (Å²) in [4.78, 5) is 32.0. The van der Waals surface area contributed by atoms with E-state index in [4.69, 9.17) is 16.4 Å². The number of pyridine rings is 1. The number of hydrogen-bond donors (Lipinski definition) is 1. The van der Waals surface area contributed by atoms with E-state index in [1.165, 1.54) is 18.7 Å². The highest BCUT2D eigenvalue weighted by Crippen LogP contribution is 2.23. The average Bonchev–Trinajstić information content (AvgIpc) is 2.64. The van der Waals surface area contributed by atoms with Crippen LogP contribution in [0.15, 0.2) is 61.3 Å². The summed E-state index contributed by atoms with van der Waals surface area (Å²) in [6.07, 6.45) is 6.03. The minimum atomic E-state index is -0.321. The summed E-state index contributed by atoms with van der Waals surface area (Å²) in [5.74, 6) is -0.321. The Morgan fingerprint density at radius 3 is 2.46 bits per heavy atom. The summed E-state index contributed by atoms with van der Waals surface area (Å²) in [6.45, 7) is 2.00. The molecule has 0 spiro atoms. The number of carbonyl (C=O) groups excluding carboxylic acids is 2. The van der Waals surface area contributed by atoms with E-state index in [1.54, 1.807) is 18.3 Å². The fraction of sp³-hybridized carbons (Fsp3) is 0. The van der Waals surface area contributed by atoms with Gasteiger partial charge in [-0.15, -0.1) is 0 Å². The molecule has 0 aliphatic carbocycles. The standard InChI is InChI=1S/C16H11ClN4O.CH2O/c17-13-3-1-2-11(6-13)12-4-5-20-15(7-12)16(22)21-14-8-18-10-19-9-14;1-2/h1-10H,(H,21,22);1H2. The maximum Gasteiger partial charge on any atom is 0.274 e. The molecular formula is C17H13ClN4O2. The van der Waals surface area contributed by atoms with Gasteiger partial charge >= 0.3 is 0 Å². The van der Waals surface area contributed by atoms with Crippen LogP contribution in [0.5, 0.6) is 0 Å². The van der Waals surface area contributed by atoms with E-state index in [2.05, 4.69) is 20.3 Å². The van der Waals surface area contributed by atoms with Crippen molar-refractivity contribution < 1.29 is 9.59 Å². The van der Waals surface area contributed by atoms with E-state index in [9.17, 15) is 4.79 Å². The number of nitrogens with one attached hydrogen (secondary N) is 1. The van der Waals surface area contributed by atoms with Crippen molar-refractivity contribution in [1.82, 2.24) is 15.0 Å². The van der Waals surface area contributed by atoms with Crippen LogP contribution in [0.1, 0.15) is 10.5 Å². The molecule has 3 rings (SSSR count). The number of amides is 1. The third-order valence-electron chi connectivity index (χ3n) is 2.97. The smallest absolute Gasteiger partial charge is 0.274 e. The Morgan fingerprint density at radius 2 is 1.75 bits per heavy atom. The van der Waals surface area contributed by atoms with Crippen molar-refractivity contribution in [1.29, 1.82) is 0 Å². The van der Waals surface area contributed by atoms with Crippen molar-refractivity contribution in [3.63, 3.8) is 0 Å². The molecule has 1 N–H and O–H groups in total. The number of halogens is 1. The first-order chi connectivity index (χ1) is 11.7. The van der Waals surface area contributed by atoms with Gasteiger partial charge in [0, 0.05) is 11.2 Å². The summed E-state index contributed by atoms with van der Waals surface area (Å²) in [5.41, 5.74) is 2.61. The van der Waals surface area contributed by atoms with Crippen molar-refractivity contribution in [3.8, 4) is 11.1 Å². The van der Waals surface area contributed by atoms with Crippen LogP contribution in [0, 0.1) is 0 Å². The number of nitrogens with zero attached hydrogens (tertiary/aromatic N) is 3. The fourth-order valence-electron chi connectivity index (χ4n) is 1.96. The van der Waals surface area contributed by atoms with Gasteiger partial charge in [-0.1, -0.05) is 23.7 Å². The van der Waals surface area contributed by atoms with E-state index < -0.39 is 0 Å². The average molecular weight is 341 g/mol. The van der Waals surface area contributed by atoms with Gasteiger partial charge in [0.05, 0.1) is 18.1 Å². The number of rotatable bonds is 3. The molecule has 0 fully saturated rings. The highest BCUT2D eigenvalue weighted by molar-refractivity contribution is 6.30. The second kappa shape index (κ2) is 8.50. The lowest BCUT2D eigenvalue weighted by molar-refractivity contribution is -0.0980. The minimum absolute atomic E-state index is 0.307. The van der Waals surface area contributed by atoms with E-state index in [0.717, 1.165) is 11.1 Å². The predicted molar refractivity (Wildman–Crippen MR) is 91.8 cm³/mol. The molecule has 2 heterocycles. The molecule has 0 atom stereocenters. The molecule has 0 aliphatic heterocycles. The van der Waals surface area contributed by atoms with Gasteiger partial charge in [0.25, 0.3) is 5.91 Å². The quantitative estimate of drug-likeness (QED) is 0.791. The van der Waals surface area contributed by atoms with Crippen LogP contribution in [0.25, 0.3) is 11.1 Å². The lowest BCUT2D eigenvalue weighted by atomic mass is 10.1. The minimum Gasteiger partial charge on any atom is -0.318 e. The second-order valence-electron chi connectivity index (χ2n) is 4.52. The molecule has 0 radical (unpaired) electrons. The number of anilines is 1. The Bertz CT molecular complexity index is 828. The van der Waals surface area contributed by atoms with E-state index >= 15 is 0 Å². The molecule has 120 valence electrons. The largest absolute Gasteiger partial charge is 0.318 e. The SMILES string of the molecule is C=O.O=C(Nc1cncnc1)c1cc(-c2cccc(Cl)c2)ccn1. The number of carbonyl (C=O) groups is 2. The molecule has 0 unspecified atom stereocenters. The molecule has 2 aromatic heterocycles. The molecule has 1 aromatic carbocycles. The first kappa shape index (κ1) is 17.2. The molecular weight excluding hydrogens is 328 g/mol. The van der Waals surface area contributed by atoms with Crippen molar-refractivity contribution >= 4 is 30.0 Å². The van der Waals surface area contributed by atoms with Gasteiger partial charge in [-0.3, -0.25) is 9.78 Å². The van der Waals surface area contributed by atoms with Gasteiger partial charge < -0.3 is 10.1 Å². The maximum atomic E-state index is 12.2. The second-order valence-corrected chi connectivity index (χ2v) is 4.96. The molecule has 1 amide bonds. The van der Waals surface area contributed by atoms with Crippen LogP contribution in [-0.4, -0.2) is 27.6 Å². The Kier molecular flexibility index (Phi) is 6.10. The van der Waals surface area contributed by atoms with Gasteiger partial charge in [-0.05, 0) is 35.4 Å². The van der Waals surface area contributed by atoms with Crippen molar-refractivity contribution in [3.05, 3.63) is 72.0 Å². The maximum absolute atomic E-state index is 12.2. The van der Waals surface area contributed by atoms with Crippen molar-refractivity contribution in [2.24, 2.45) is 0 Å². The summed E-state index contributed by atoms with van der Waals surface area (Å²) >= 11 is 6.00. The van der Waals surface area contributed by atoms with Gasteiger partial charge in [0.2, 0.25) is 0 Å². The van der Waals surface area contributed by atoms with Crippen LogP contribution >= 0.6 is 11.6 Å². The van der Waals surface area contributed by atoms with Crippen LogP contribution < -0.4 is 5.32 Å². The van der Waals surface area contributed by atoms with Gasteiger partial charge in [0.15, 0.2) is 0 Å². The normalized spacial score (nSPS) is 9.54. The van der Waals surface area contributed by atoms with Crippen LogP contribution in [0.4, 0.5) is 5.69 Å². The monoisotopic (exact) mass is 340 g/mol. The zero-order chi connectivity index (χ0) is 17.4. The Morgan fingerprint density at radius 1 is 1.04 bits per heavy atom. The van der Waals surface area contributed by atoms with Crippen molar-refractivity contribution in [2.45, 2.75) is 0 Å². The van der Waals surface area contributed by atoms with Gasteiger partial charge in [-0.25, -0.2) is 9.97 Å². The van der Waals surface area contributed by atoms with E-state index in [-0.39, 0.29) is 5.91 Å². The number of hydrogen-bond acceptors (Lipinski definition) is 5. The first-order valence-corrected chi connectivity index (χ1v) is 7.17. The molecule has 0 saturated carbocycles. The van der Waals surface area contributed by atoms with E-state index in [1.807, 2.05) is 31.1 Å². The third kappa shape index (κ3) is 4.44. The fourth-order valence-corrected chi connectivity index (χ4v) is 2.15. The van der Waals surface area contributed by atoms with Gasteiger partial charge in [0.1, 0.15) is 18.8 Å². The topological polar surface area (TPSA) is 84.8 Å². The van der Waals surface area contributed by atoms with Crippen LogP contribution in [-0.2, 0) is 4.79 Å². The molecule has 6 nitrogen and oxygen atoms in total. The Balaban J connectivity index is 0.00000100. The number of aromatic nitrogens is 3. The number of benzene rings is 1. The van der Waals surface area contributed by atoms with Gasteiger partial charge in [-0.2, -0.15) is 0 Å². The molecule has 7 heteroatoms. The molecule has 24 heavy (non-hydrogen) atoms. The zero-order valence-corrected chi connectivity index (χ0v) is 13.3. The first-order valence-electron chi connectivity index (χ1n) is 6.79. The van der Waals surface area contributed by atoms with Crippen LogP contribution in [0.3, 0.4) is 0 Å². The Labute approximate surface area is 143 Å². The van der Waals surface area contributed by atoms with Crippen molar-refractivity contribution in [2.75, 3.05) is 5.32 Å². The highest BCUT2D eigenvalue weighted by Gasteiger charge is 2.09. The summed E-state index contributed by atoms with van der Waals surface area (Å²) in [6, 6.07) is 11.0. The highest BCUT2D eigenvalue weighted by atomic mass is 35.5. The molecule has 0 bridgehead atoms. The lowest BCUT2D eigenvalue weighted by Gasteiger charge is -2.06. The Hall–Kier alpha value is -3.12. The lowest BCUT2D eigenvalue weighted by Crippen LogP contribution is -2.13. The van der Waals surface area contributed by atoms with Crippen LogP contribution in [0.2, 0.25) is 5.02 Å². The summed E-state index contributed by atoms with van der Waals surface area (Å²) in [7, 11) is 0. The van der Waals surface area contributed by atoms with E-state index in [0.29, 0.717) is 16.4 Å².